The van der Waals surface area contributed by atoms with Gasteiger partial charge in [0.2, 0.25) is 0 Å². The molecule has 0 spiro atoms. The summed E-state index contributed by atoms with van der Waals surface area (Å²) in [5, 5.41) is 20.7. The molecule has 0 radical (unpaired) electrons. The van der Waals surface area contributed by atoms with E-state index in [1.54, 1.807) is 0 Å². The Hall–Kier alpha value is -1.71. The highest BCUT2D eigenvalue weighted by Gasteiger charge is 2.22. The summed E-state index contributed by atoms with van der Waals surface area (Å²) in [4.78, 5) is 28.4. The van der Waals surface area contributed by atoms with Crippen molar-refractivity contribution in [1.82, 2.24) is 9.97 Å². The normalized spacial score (nSPS) is 12.3. The maximum Gasteiger partial charge on any atom is 0.294 e. The Bertz CT molecular complexity index is 665. The minimum atomic E-state index is -0.777. The lowest BCUT2D eigenvalue weighted by molar-refractivity contribution is -0.387. The standard InChI is InChI=1S/C10H9N3O4S2/c1-5(14)7-4-6(13(16)17)9(18-7)19-10-11-3-2-8(15)12-10/h2-5,14H,1H3,(H,11,12,15). The van der Waals surface area contributed by atoms with E-state index in [1.165, 1.54) is 25.3 Å². The summed E-state index contributed by atoms with van der Waals surface area (Å²) < 4.78 is 0.371. The zero-order valence-corrected chi connectivity index (χ0v) is 11.3. The minimum absolute atomic E-state index is 0.0996. The number of nitrogens with one attached hydrogen (secondary N) is 1. The van der Waals surface area contributed by atoms with E-state index in [2.05, 4.69) is 9.97 Å². The van der Waals surface area contributed by atoms with Crippen molar-refractivity contribution in [1.29, 1.82) is 0 Å². The molecule has 2 aromatic heterocycles. The second-order valence-corrected chi connectivity index (χ2v) is 5.94. The van der Waals surface area contributed by atoms with Crippen LogP contribution in [0.15, 0.2) is 32.5 Å². The minimum Gasteiger partial charge on any atom is -0.388 e. The molecule has 0 aromatic carbocycles. The molecule has 19 heavy (non-hydrogen) atoms. The molecular weight excluding hydrogens is 290 g/mol. The van der Waals surface area contributed by atoms with E-state index < -0.39 is 11.0 Å². The molecule has 0 saturated carbocycles. The highest BCUT2D eigenvalue weighted by atomic mass is 32.2. The van der Waals surface area contributed by atoms with Crippen molar-refractivity contribution in [3.05, 3.63) is 43.7 Å². The molecule has 0 aliphatic heterocycles. The monoisotopic (exact) mass is 299 g/mol. The van der Waals surface area contributed by atoms with Crippen LogP contribution in [0.1, 0.15) is 17.9 Å². The average molecular weight is 299 g/mol. The number of hydrogen-bond acceptors (Lipinski definition) is 7. The lowest BCUT2D eigenvalue weighted by atomic mass is 10.3. The van der Waals surface area contributed by atoms with Crippen molar-refractivity contribution in [3.8, 4) is 0 Å². The van der Waals surface area contributed by atoms with Gasteiger partial charge < -0.3 is 10.1 Å². The maximum absolute atomic E-state index is 11.1. The third-order valence-electron chi connectivity index (χ3n) is 2.14. The Labute approximate surface area is 115 Å². The molecular formula is C10H9N3O4S2. The largest absolute Gasteiger partial charge is 0.388 e. The van der Waals surface area contributed by atoms with Gasteiger partial charge in [-0.3, -0.25) is 14.9 Å². The maximum atomic E-state index is 11.1. The van der Waals surface area contributed by atoms with Crippen LogP contribution in [-0.4, -0.2) is 20.0 Å². The molecule has 2 N–H and O–H groups in total. The zero-order chi connectivity index (χ0) is 14.0. The third-order valence-corrected chi connectivity index (χ3v) is 4.53. The van der Waals surface area contributed by atoms with Crippen LogP contribution in [0.25, 0.3) is 0 Å². The van der Waals surface area contributed by atoms with E-state index in [0.717, 1.165) is 23.1 Å². The molecule has 100 valence electrons. The lowest BCUT2D eigenvalue weighted by Crippen LogP contribution is -2.04. The highest BCUT2D eigenvalue weighted by molar-refractivity contribution is 8.01. The van der Waals surface area contributed by atoms with E-state index in [-0.39, 0.29) is 16.4 Å². The number of hydrogen-bond donors (Lipinski definition) is 2. The second kappa shape index (κ2) is 5.51. The van der Waals surface area contributed by atoms with Crippen LogP contribution >= 0.6 is 23.1 Å². The summed E-state index contributed by atoms with van der Waals surface area (Å²) in [5.41, 5.74) is -0.426. The van der Waals surface area contributed by atoms with Gasteiger partial charge in [-0.1, -0.05) is 0 Å². The molecule has 2 rings (SSSR count). The number of aromatic nitrogens is 2. The van der Waals surface area contributed by atoms with Crippen molar-refractivity contribution in [2.24, 2.45) is 0 Å². The summed E-state index contributed by atoms with van der Waals surface area (Å²) in [6.07, 6.45) is 0.553. The molecule has 1 atom stereocenters. The number of aliphatic hydroxyl groups is 1. The van der Waals surface area contributed by atoms with Crippen LogP contribution in [0.3, 0.4) is 0 Å². The SMILES string of the molecule is CC(O)c1cc([N+](=O)[O-])c(Sc2nccc(=O)[nH]2)s1. The number of aliphatic hydroxyl groups excluding tert-OH is 1. The zero-order valence-electron chi connectivity index (χ0n) is 9.69. The van der Waals surface area contributed by atoms with Crippen molar-refractivity contribution >= 4 is 28.8 Å². The summed E-state index contributed by atoms with van der Waals surface area (Å²) >= 11 is 2.10. The van der Waals surface area contributed by atoms with Crippen LogP contribution in [0.4, 0.5) is 5.69 Å². The number of thiophene rings is 1. The van der Waals surface area contributed by atoms with Gasteiger partial charge in [-0.2, -0.15) is 0 Å². The van der Waals surface area contributed by atoms with E-state index in [1.807, 2.05) is 0 Å². The summed E-state index contributed by atoms with van der Waals surface area (Å²) in [5.74, 6) is 0. The Balaban J connectivity index is 2.38. The van der Waals surface area contributed by atoms with Gasteiger partial charge in [0.15, 0.2) is 5.16 Å². The summed E-state index contributed by atoms with van der Waals surface area (Å²) in [6, 6.07) is 2.59. The summed E-state index contributed by atoms with van der Waals surface area (Å²) in [6.45, 7) is 1.53. The highest BCUT2D eigenvalue weighted by Crippen LogP contribution is 2.41. The molecule has 9 heteroatoms. The van der Waals surface area contributed by atoms with Crippen molar-refractivity contribution in [2.75, 3.05) is 0 Å². The Morgan fingerprint density at radius 1 is 1.63 bits per heavy atom. The van der Waals surface area contributed by atoms with Gasteiger partial charge in [0.1, 0.15) is 4.21 Å². The van der Waals surface area contributed by atoms with Gasteiger partial charge in [-0.25, -0.2) is 4.98 Å². The van der Waals surface area contributed by atoms with Gasteiger partial charge >= 0.3 is 0 Å². The van der Waals surface area contributed by atoms with Crippen LogP contribution in [0.2, 0.25) is 0 Å². The molecule has 0 fully saturated rings. The van der Waals surface area contributed by atoms with E-state index >= 15 is 0 Å². The molecule has 0 aliphatic carbocycles. The Morgan fingerprint density at radius 3 is 2.95 bits per heavy atom. The van der Waals surface area contributed by atoms with E-state index in [9.17, 15) is 20.0 Å². The molecule has 2 aromatic rings. The third kappa shape index (κ3) is 3.19. The number of aromatic amines is 1. The Kier molecular flexibility index (Phi) is 3.98. The fourth-order valence-corrected chi connectivity index (χ4v) is 3.44. The van der Waals surface area contributed by atoms with Gasteiger partial charge in [-0.05, 0) is 18.7 Å². The molecule has 1 unspecified atom stereocenters. The van der Waals surface area contributed by atoms with Crippen molar-refractivity contribution < 1.29 is 10.0 Å². The number of nitro groups is 1. The topological polar surface area (TPSA) is 109 Å². The van der Waals surface area contributed by atoms with Crippen LogP contribution in [0.5, 0.6) is 0 Å². The molecule has 2 heterocycles. The predicted octanol–water partition coefficient (Wildman–Crippen LogP) is 1.94. The molecule has 0 bridgehead atoms. The smallest absolute Gasteiger partial charge is 0.294 e. The van der Waals surface area contributed by atoms with Gasteiger partial charge in [0, 0.05) is 23.2 Å². The lowest BCUT2D eigenvalue weighted by Gasteiger charge is -1.97. The predicted molar refractivity (Wildman–Crippen MR) is 70.6 cm³/mol. The number of nitrogens with zero attached hydrogens (tertiary/aromatic N) is 2. The van der Waals surface area contributed by atoms with E-state index in [4.69, 9.17) is 0 Å². The number of rotatable bonds is 4. The molecule has 7 nitrogen and oxygen atoms in total. The van der Waals surface area contributed by atoms with E-state index in [0.29, 0.717) is 9.09 Å². The number of H-pyrrole nitrogens is 1. The second-order valence-electron chi connectivity index (χ2n) is 3.60. The van der Waals surface area contributed by atoms with Gasteiger partial charge in [0.25, 0.3) is 11.2 Å². The first kappa shape index (κ1) is 13.7. The van der Waals surface area contributed by atoms with Crippen LogP contribution in [-0.2, 0) is 0 Å². The van der Waals surface area contributed by atoms with Crippen molar-refractivity contribution in [2.45, 2.75) is 22.4 Å². The van der Waals surface area contributed by atoms with Gasteiger partial charge in [-0.15, -0.1) is 11.3 Å². The first-order valence-corrected chi connectivity index (χ1v) is 6.80. The average Bonchev–Trinajstić information content (AvgIpc) is 2.73. The molecule has 0 aliphatic rings. The van der Waals surface area contributed by atoms with Gasteiger partial charge in [0.05, 0.1) is 11.0 Å². The van der Waals surface area contributed by atoms with Crippen molar-refractivity contribution in [3.63, 3.8) is 0 Å². The quantitative estimate of drug-likeness (QED) is 0.507. The first-order chi connectivity index (χ1) is 8.97. The Morgan fingerprint density at radius 2 is 2.37 bits per heavy atom. The molecule has 0 amide bonds. The first-order valence-electron chi connectivity index (χ1n) is 5.16. The fourth-order valence-electron chi connectivity index (χ4n) is 1.28. The fraction of sp³-hybridized carbons (Fsp3) is 0.200. The summed E-state index contributed by atoms with van der Waals surface area (Å²) in [7, 11) is 0. The molecule has 0 saturated heterocycles. The van der Waals surface area contributed by atoms with Crippen LogP contribution in [0, 0.1) is 10.1 Å². The van der Waals surface area contributed by atoms with Crippen LogP contribution < -0.4 is 5.56 Å².